The van der Waals surface area contributed by atoms with Crippen LogP contribution >= 0.6 is 11.6 Å². The van der Waals surface area contributed by atoms with Gasteiger partial charge in [0, 0.05) is 24.7 Å². The monoisotopic (exact) mass is 396 g/mol. The summed E-state index contributed by atoms with van der Waals surface area (Å²) in [5.41, 5.74) is 3.62. The first kappa shape index (κ1) is 17.0. The van der Waals surface area contributed by atoms with Crippen LogP contribution in [0.15, 0.2) is 51.1 Å². The summed E-state index contributed by atoms with van der Waals surface area (Å²) >= 11 is 6.36. The Hall–Kier alpha value is -3.13. The Labute approximate surface area is 165 Å². The molecule has 8 nitrogen and oxygen atoms in total. The topological polar surface area (TPSA) is 97.3 Å². The van der Waals surface area contributed by atoms with Crippen LogP contribution < -0.4 is 10.6 Å². The number of halogens is 1. The number of para-hydroxylation sites is 2. The minimum Gasteiger partial charge on any atom is -0.423 e. The number of benzene rings is 1. The molecule has 1 aromatic carbocycles. The zero-order valence-corrected chi connectivity index (χ0v) is 15.8. The van der Waals surface area contributed by atoms with Gasteiger partial charge in [0.05, 0.1) is 16.9 Å². The summed E-state index contributed by atoms with van der Waals surface area (Å²) in [6.45, 7) is 0. The van der Waals surface area contributed by atoms with E-state index < -0.39 is 6.04 Å². The number of hydrogen-bond acceptors (Lipinski definition) is 7. The second kappa shape index (κ2) is 6.49. The minimum atomic E-state index is -0.532. The summed E-state index contributed by atoms with van der Waals surface area (Å²) in [5.74, 6) is 0.544. The van der Waals surface area contributed by atoms with Crippen molar-refractivity contribution in [2.75, 3.05) is 5.32 Å². The fraction of sp³-hybridized carbons (Fsp3) is 0.263. The highest BCUT2D eigenvalue weighted by Crippen LogP contribution is 2.38. The number of nitrogens with zero attached hydrogens (tertiary/aromatic N) is 4. The number of fused-ring (bicyclic) bond motifs is 1. The fourth-order valence-electron chi connectivity index (χ4n) is 3.70. The van der Waals surface area contributed by atoms with Crippen molar-refractivity contribution in [1.82, 2.24) is 20.1 Å². The van der Waals surface area contributed by atoms with Gasteiger partial charge in [-0.2, -0.15) is 10.1 Å². The number of aryl methyl sites for hydroxylation is 1. The molecule has 2 aliphatic rings. The fourth-order valence-corrected chi connectivity index (χ4v) is 3.96. The van der Waals surface area contributed by atoms with E-state index in [-0.39, 0.29) is 5.78 Å². The van der Waals surface area contributed by atoms with E-state index in [9.17, 15) is 4.79 Å². The van der Waals surface area contributed by atoms with Crippen LogP contribution in [0.25, 0.3) is 11.1 Å². The van der Waals surface area contributed by atoms with E-state index in [2.05, 4.69) is 20.7 Å². The molecule has 0 radical (unpaired) electrons. The number of ketones is 1. The van der Waals surface area contributed by atoms with Crippen molar-refractivity contribution < 1.29 is 9.21 Å². The van der Waals surface area contributed by atoms with Gasteiger partial charge in [0.2, 0.25) is 5.96 Å². The molecule has 0 saturated carbocycles. The molecule has 5 rings (SSSR count). The smallest absolute Gasteiger partial charge is 0.302 e. The van der Waals surface area contributed by atoms with Crippen molar-refractivity contribution in [1.29, 1.82) is 0 Å². The highest BCUT2D eigenvalue weighted by atomic mass is 35.5. The number of carbonyl (C=O) groups excluding carboxylic acids is 1. The minimum absolute atomic E-state index is 0.0840. The highest BCUT2D eigenvalue weighted by molar-refractivity contribution is 6.31. The van der Waals surface area contributed by atoms with Gasteiger partial charge >= 0.3 is 6.01 Å². The van der Waals surface area contributed by atoms with Gasteiger partial charge < -0.3 is 9.73 Å². The predicted octanol–water partition coefficient (Wildman–Crippen LogP) is 3.33. The number of anilines is 1. The lowest BCUT2D eigenvalue weighted by atomic mass is 9.87. The predicted molar refractivity (Wildman–Crippen MR) is 105 cm³/mol. The standard InChI is InChI=1S/C19H17ClN6O2/c1-26-17(10(20)9-21-26)16-15-12(6-4-7-13(15)27)22-18(24-16)25-19-23-11-5-2-3-8-14(11)28-19/h2-3,5,8-9,16H,4,6-7H2,1H3,(H2,22,23,24,25). The zero-order valence-electron chi connectivity index (χ0n) is 15.1. The second-order valence-electron chi connectivity index (χ2n) is 6.79. The molecule has 1 atom stereocenters. The van der Waals surface area contributed by atoms with Crippen LogP contribution in [0.1, 0.15) is 31.0 Å². The summed E-state index contributed by atoms with van der Waals surface area (Å²) in [4.78, 5) is 21.8. The first-order chi connectivity index (χ1) is 13.6. The SMILES string of the molecule is Cn1ncc(Cl)c1C1N=C(Nc2nc3ccccc3o2)NC2=C1C(=O)CCC2. The summed E-state index contributed by atoms with van der Waals surface area (Å²) in [5, 5.41) is 11.0. The van der Waals surface area contributed by atoms with Crippen LogP contribution in [-0.4, -0.2) is 26.5 Å². The third-order valence-corrected chi connectivity index (χ3v) is 5.26. The van der Waals surface area contributed by atoms with Gasteiger partial charge in [-0.05, 0) is 25.0 Å². The number of rotatable bonds is 2. The van der Waals surface area contributed by atoms with E-state index >= 15 is 0 Å². The van der Waals surface area contributed by atoms with Crippen LogP contribution in [0, 0.1) is 0 Å². The lowest BCUT2D eigenvalue weighted by Gasteiger charge is -2.30. The van der Waals surface area contributed by atoms with E-state index in [1.807, 2.05) is 24.3 Å². The maximum Gasteiger partial charge on any atom is 0.302 e. The molecule has 0 fully saturated rings. The van der Waals surface area contributed by atoms with Gasteiger partial charge in [-0.3, -0.25) is 14.8 Å². The molecular formula is C19H17ClN6O2. The highest BCUT2D eigenvalue weighted by Gasteiger charge is 2.35. The van der Waals surface area contributed by atoms with Gasteiger partial charge in [0.25, 0.3) is 0 Å². The number of Topliss-reactive ketones (excluding diaryl/α,β-unsaturated/α-hetero) is 1. The Morgan fingerprint density at radius 1 is 1.32 bits per heavy atom. The van der Waals surface area contributed by atoms with E-state index in [4.69, 9.17) is 21.0 Å². The van der Waals surface area contributed by atoms with Gasteiger partial charge in [-0.15, -0.1) is 0 Å². The number of guanidine groups is 1. The van der Waals surface area contributed by atoms with Crippen LogP contribution in [0.4, 0.5) is 6.01 Å². The van der Waals surface area contributed by atoms with Crippen molar-refractivity contribution >= 4 is 40.5 Å². The molecule has 2 N–H and O–H groups in total. The average molecular weight is 397 g/mol. The molecule has 3 aromatic rings. The number of nitrogens with one attached hydrogen (secondary N) is 2. The van der Waals surface area contributed by atoms with Crippen LogP contribution in [0.5, 0.6) is 0 Å². The summed E-state index contributed by atoms with van der Waals surface area (Å²) in [6, 6.07) is 7.31. The molecule has 3 heterocycles. The lowest BCUT2D eigenvalue weighted by molar-refractivity contribution is -0.116. The molecule has 1 aliphatic carbocycles. The van der Waals surface area contributed by atoms with Crippen LogP contribution in [0.2, 0.25) is 5.02 Å². The summed E-state index contributed by atoms with van der Waals surface area (Å²) in [6.07, 6.45) is 3.64. The molecule has 0 saturated heterocycles. The number of aromatic nitrogens is 3. The summed E-state index contributed by atoms with van der Waals surface area (Å²) in [7, 11) is 1.79. The molecule has 142 valence electrons. The van der Waals surface area contributed by atoms with Gasteiger partial charge in [-0.25, -0.2) is 4.99 Å². The molecule has 2 aromatic heterocycles. The van der Waals surface area contributed by atoms with Crippen molar-refractivity contribution in [3.8, 4) is 0 Å². The Balaban J connectivity index is 1.55. The number of hydrogen-bond donors (Lipinski definition) is 2. The van der Waals surface area contributed by atoms with Crippen molar-refractivity contribution in [3.63, 3.8) is 0 Å². The number of oxazole rings is 1. The first-order valence-electron chi connectivity index (χ1n) is 9.01. The van der Waals surface area contributed by atoms with Crippen LogP contribution in [0.3, 0.4) is 0 Å². The van der Waals surface area contributed by atoms with E-state index in [0.717, 1.165) is 24.1 Å². The summed E-state index contributed by atoms with van der Waals surface area (Å²) < 4.78 is 7.39. The maximum atomic E-state index is 12.6. The molecule has 0 spiro atoms. The second-order valence-corrected chi connectivity index (χ2v) is 7.19. The van der Waals surface area contributed by atoms with Crippen molar-refractivity contribution in [3.05, 3.63) is 52.4 Å². The Morgan fingerprint density at radius 3 is 2.96 bits per heavy atom. The normalized spacial score (nSPS) is 19.4. The Kier molecular flexibility index (Phi) is 3.94. The molecule has 1 aliphatic heterocycles. The zero-order chi connectivity index (χ0) is 19.3. The molecule has 0 bridgehead atoms. The molecule has 9 heteroatoms. The van der Waals surface area contributed by atoms with E-state index in [1.165, 1.54) is 0 Å². The lowest BCUT2D eigenvalue weighted by Crippen LogP contribution is -2.39. The first-order valence-corrected chi connectivity index (χ1v) is 9.39. The molecule has 28 heavy (non-hydrogen) atoms. The van der Waals surface area contributed by atoms with Crippen LogP contribution in [-0.2, 0) is 11.8 Å². The van der Waals surface area contributed by atoms with E-state index in [1.54, 1.807) is 17.9 Å². The number of carbonyl (C=O) groups is 1. The Bertz CT molecular complexity index is 1110. The van der Waals surface area contributed by atoms with Crippen molar-refractivity contribution in [2.24, 2.45) is 12.0 Å². The largest absolute Gasteiger partial charge is 0.423 e. The van der Waals surface area contributed by atoms with Crippen molar-refractivity contribution in [2.45, 2.75) is 25.3 Å². The molecular weight excluding hydrogens is 380 g/mol. The molecule has 1 unspecified atom stereocenters. The Morgan fingerprint density at radius 2 is 2.18 bits per heavy atom. The van der Waals surface area contributed by atoms with E-state index in [0.29, 0.717) is 40.3 Å². The number of aliphatic imine (C=N–C) groups is 1. The third-order valence-electron chi connectivity index (χ3n) is 4.97. The molecule has 0 amide bonds. The third kappa shape index (κ3) is 2.77. The van der Waals surface area contributed by atoms with Gasteiger partial charge in [0.1, 0.15) is 11.6 Å². The van der Waals surface area contributed by atoms with Gasteiger partial charge in [-0.1, -0.05) is 23.7 Å². The quantitative estimate of drug-likeness (QED) is 0.689. The average Bonchev–Trinajstić information content (AvgIpc) is 3.23. The maximum absolute atomic E-state index is 12.6. The van der Waals surface area contributed by atoms with Gasteiger partial charge in [0.15, 0.2) is 11.4 Å². The number of allylic oxidation sites excluding steroid dienone is 1.